The topological polar surface area (TPSA) is 91.9 Å². The molecule has 35 heavy (non-hydrogen) atoms. The Morgan fingerprint density at radius 2 is 1.74 bits per heavy atom. The summed E-state index contributed by atoms with van der Waals surface area (Å²) < 4.78 is 23.3. The second kappa shape index (κ2) is 13.0. The maximum atomic E-state index is 13.1. The Balaban J connectivity index is 1.62. The molecule has 0 radical (unpaired) electrons. The predicted octanol–water partition coefficient (Wildman–Crippen LogP) is 2.80. The van der Waals surface area contributed by atoms with Gasteiger partial charge in [0.25, 0.3) is 5.91 Å². The van der Waals surface area contributed by atoms with Crippen LogP contribution in [0.5, 0.6) is 5.75 Å². The first-order valence-electron chi connectivity index (χ1n) is 11.4. The molecule has 10 heteroatoms. The van der Waals surface area contributed by atoms with E-state index in [0.717, 1.165) is 0 Å². The molecule has 0 unspecified atom stereocenters. The number of ether oxygens (including phenoxy) is 2. The molecule has 3 rings (SSSR count). The molecular weight excluding hydrogens is 471 g/mol. The Labute approximate surface area is 210 Å². The minimum absolute atomic E-state index is 0.0652. The van der Waals surface area contributed by atoms with E-state index in [9.17, 15) is 14.0 Å². The van der Waals surface area contributed by atoms with Crippen molar-refractivity contribution in [1.82, 2.24) is 15.5 Å². The van der Waals surface area contributed by atoms with Crippen LogP contribution in [0.2, 0.25) is 0 Å². The monoisotopic (exact) mass is 502 g/mol. The lowest BCUT2D eigenvalue weighted by molar-refractivity contribution is -0.124. The summed E-state index contributed by atoms with van der Waals surface area (Å²) in [6, 6.07) is 12.0. The third kappa shape index (κ3) is 7.63. The Hall–Kier alpha value is -3.24. The van der Waals surface area contributed by atoms with Gasteiger partial charge in [0.1, 0.15) is 17.6 Å². The van der Waals surface area contributed by atoms with E-state index in [1.807, 2.05) is 4.90 Å². The molecule has 1 saturated heterocycles. The third-order valence-electron chi connectivity index (χ3n) is 5.92. The molecule has 0 aromatic heterocycles. The third-order valence-corrected chi connectivity index (χ3v) is 6.28. The van der Waals surface area contributed by atoms with Crippen LogP contribution in [0, 0.1) is 11.7 Å². The van der Waals surface area contributed by atoms with Gasteiger partial charge in [0.2, 0.25) is 5.91 Å². The van der Waals surface area contributed by atoms with Crippen molar-refractivity contribution in [3.05, 3.63) is 59.9 Å². The molecule has 1 fully saturated rings. The highest BCUT2D eigenvalue weighted by molar-refractivity contribution is 7.80. The lowest BCUT2D eigenvalue weighted by atomic mass is 9.88. The standard InChI is InChI=1S/C25H31FN4O4S/c1-33-16-13-27-24(32)22(29-23(31)18-3-9-21(34-2)10-4-18)17-11-14-30(15-12-17)25(35)28-20-7-5-19(26)6-8-20/h3-10,17,22H,11-16H2,1-2H3,(H,27,32)(H,28,35)(H,29,31)/t22-/m0/s1. The van der Waals surface area contributed by atoms with Gasteiger partial charge in [-0.25, -0.2) is 4.39 Å². The number of piperidine rings is 1. The van der Waals surface area contributed by atoms with Gasteiger partial charge in [-0.1, -0.05) is 0 Å². The molecule has 1 aliphatic rings. The lowest BCUT2D eigenvalue weighted by Crippen LogP contribution is -2.54. The van der Waals surface area contributed by atoms with E-state index in [0.29, 0.717) is 61.2 Å². The summed E-state index contributed by atoms with van der Waals surface area (Å²) in [5.74, 6) is -0.295. The van der Waals surface area contributed by atoms with Gasteiger partial charge in [-0.3, -0.25) is 9.59 Å². The molecule has 1 aliphatic heterocycles. The summed E-state index contributed by atoms with van der Waals surface area (Å²) in [7, 11) is 3.12. The van der Waals surface area contributed by atoms with Crippen molar-refractivity contribution in [2.24, 2.45) is 5.92 Å². The molecule has 1 heterocycles. The molecule has 1 atom stereocenters. The molecular formula is C25H31FN4O4S. The highest BCUT2D eigenvalue weighted by Crippen LogP contribution is 2.23. The molecule has 0 saturated carbocycles. The lowest BCUT2D eigenvalue weighted by Gasteiger charge is -2.37. The Kier molecular flexibility index (Phi) is 9.80. The van der Waals surface area contributed by atoms with E-state index >= 15 is 0 Å². The number of anilines is 1. The molecule has 2 aromatic rings. The normalized spacial score (nSPS) is 14.7. The largest absolute Gasteiger partial charge is 0.497 e. The zero-order chi connectivity index (χ0) is 25.2. The van der Waals surface area contributed by atoms with Crippen molar-refractivity contribution >= 4 is 34.8 Å². The Bertz CT molecular complexity index is 996. The van der Waals surface area contributed by atoms with E-state index in [4.69, 9.17) is 21.7 Å². The van der Waals surface area contributed by atoms with Crippen LogP contribution in [0.25, 0.3) is 0 Å². The van der Waals surface area contributed by atoms with E-state index in [1.54, 1.807) is 50.6 Å². The molecule has 8 nitrogen and oxygen atoms in total. The van der Waals surface area contributed by atoms with Crippen LogP contribution in [-0.2, 0) is 9.53 Å². The highest BCUT2D eigenvalue weighted by Gasteiger charge is 2.33. The number of carbonyl (C=O) groups excluding carboxylic acids is 2. The average Bonchev–Trinajstić information content (AvgIpc) is 2.88. The fourth-order valence-electron chi connectivity index (χ4n) is 3.92. The van der Waals surface area contributed by atoms with Gasteiger partial charge in [-0.2, -0.15) is 0 Å². The molecule has 0 bridgehead atoms. The van der Waals surface area contributed by atoms with Crippen molar-refractivity contribution in [1.29, 1.82) is 0 Å². The van der Waals surface area contributed by atoms with Crippen LogP contribution in [0.3, 0.4) is 0 Å². The van der Waals surface area contributed by atoms with Gasteiger partial charge in [-0.05, 0) is 79.5 Å². The number of benzene rings is 2. The summed E-state index contributed by atoms with van der Waals surface area (Å²) >= 11 is 5.52. The molecule has 188 valence electrons. The van der Waals surface area contributed by atoms with Crippen LogP contribution in [0.15, 0.2) is 48.5 Å². The minimum Gasteiger partial charge on any atom is -0.497 e. The van der Waals surface area contributed by atoms with Crippen molar-refractivity contribution in [3.8, 4) is 5.75 Å². The number of carbonyl (C=O) groups is 2. The van der Waals surface area contributed by atoms with E-state index in [2.05, 4.69) is 16.0 Å². The van der Waals surface area contributed by atoms with Gasteiger partial charge in [0, 0.05) is 38.0 Å². The molecule has 3 N–H and O–H groups in total. The molecule has 0 spiro atoms. The van der Waals surface area contributed by atoms with Gasteiger partial charge in [-0.15, -0.1) is 0 Å². The quantitative estimate of drug-likeness (QED) is 0.359. The number of nitrogens with one attached hydrogen (secondary N) is 3. The second-order valence-corrected chi connectivity index (χ2v) is 8.61. The highest BCUT2D eigenvalue weighted by atomic mass is 32.1. The number of thiocarbonyl (C=S) groups is 1. The van der Waals surface area contributed by atoms with Crippen LogP contribution < -0.4 is 20.7 Å². The van der Waals surface area contributed by atoms with Gasteiger partial charge >= 0.3 is 0 Å². The Morgan fingerprint density at radius 1 is 1.09 bits per heavy atom. The van der Waals surface area contributed by atoms with Crippen LogP contribution in [0.1, 0.15) is 23.2 Å². The maximum absolute atomic E-state index is 13.1. The SMILES string of the molecule is COCCNC(=O)[C@@H](NC(=O)c1ccc(OC)cc1)C1CCN(C(=S)Nc2ccc(F)cc2)CC1. The number of halogens is 1. The molecule has 2 aromatic carbocycles. The van der Waals surface area contributed by atoms with Crippen LogP contribution in [-0.4, -0.2) is 68.3 Å². The predicted molar refractivity (Wildman–Crippen MR) is 136 cm³/mol. The van der Waals surface area contributed by atoms with Crippen molar-refractivity contribution in [3.63, 3.8) is 0 Å². The summed E-state index contributed by atoms with van der Waals surface area (Å²) in [4.78, 5) is 27.9. The fourth-order valence-corrected chi connectivity index (χ4v) is 4.22. The van der Waals surface area contributed by atoms with E-state index in [-0.39, 0.29) is 23.5 Å². The van der Waals surface area contributed by atoms with Crippen LogP contribution in [0.4, 0.5) is 10.1 Å². The Morgan fingerprint density at radius 3 is 2.34 bits per heavy atom. The number of hydrogen-bond donors (Lipinski definition) is 3. The van der Waals surface area contributed by atoms with Gasteiger partial charge in [0.15, 0.2) is 5.11 Å². The van der Waals surface area contributed by atoms with E-state index < -0.39 is 6.04 Å². The van der Waals surface area contributed by atoms with Crippen molar-refractivity contribution in [2.75, 3.05) is 45.8 Å². The minimum atomic E-state index is -0.692. The van der Waals surface area contributed by atoms with Gasteiger partial charge < -0.3 is 30.3 Å². The number of likely N-dealkylation sites (tertiary alicyclic amines) is 1. The number of rotatable bonds is 9. The summed E-state index contributed by atoms with van der Waals surface area (Å²) in [5.41, 5.74) is 1.16. The summed E-state index contributed by atoms with van der Waals surface area (Å²) in [6.45, 7) is 1.98. The zero-order valence-corrected chi connectivity index (χ0v) is 20.7. The summed E-state index contributed by atoms with van der Waals surface area (Å²) in [6.07, 6.45) is 1.33. The number of amides is 2. The average molecular weight is 503 g/mol. The fraction of sp³-hybridized carbons (Fsp3) is 0.400. The number of methoxy groups -OCH3 is 2. The van der Waals surface area contributed by atoms with Crippen molar-refractivity contribution < 1.29 is 23.5 Å². The second-order valence-electron chi connectivity index (χ2n) is 8.22. The summed E-state index contributed by atoms with van der Waals surface area (Å²) in [5, 5.41) is 9.43. The molecule has 0 aliphatic carbocycles. The number of nitrogens with zero attached hydrogens (tertiary/aromatic N) is 1. The molecule has 2 amide bonds. The van der Waals surface area contributed by atoms with E-state index in [1.165, 1.54) is 12.1 Å². The zero-order valence-electron chi connectivity index (χ0n) is 19.9. The van der Waals surface area contributed by atoms with Gasteiger partial charge in [0.05, 0.1) is 13.7 Å². The smallest absolute Gasteiger partial charge is 0.251 e. The first-order chi connectivity index (χ1) is 16.9. The van der Waals surface area contributed by atoms with Crippen LogP contribution >= 0.6 is 12.2 Å². The first kappa shape index (κ1) is 26.4. The number of hydrogen-bond acceptors (Lipinski definition) is 5. The maximum Gasteiger partial charge on any atom is 0.251 e. The van der Waals surface area contributed by atoms with Crippen molar-refractivity contribution in [2.45, 2.75) is 18.9 Å². The first-order valence-corrected chi connectivity index (χ1v) is 11.8.